The molecule has 40 heavy (non-hydrogen) atoms. The predicted molar refractivity (Wildman–Crippen MR) is 163 cm³/mol. The molecule has 2 N–H and O–H groups in total. The van der Waals surface area contributed by atoms with Crippen molar-refractivity contribution >= 4 is 33.3 Å². The van der Waals surface area contributed by atoms with Crippen molar-refractivity contribution in [2.75, 3.05) is 19.8 Å². The predicted octanol–water partition coefficient (Wildman–Crippen LogP) is 8.94. The van der Waals surface area contributed by atoms with Crippen molar-refractivity contribution in [3.63, 3.8) is 0 Å². The number of hydrogen-bond acceptors (Lipinski definition) is 6. The van der Waals surface area contributed by atoms with E-state index in [2.05, 4.69) is 36.2 Å². The smallest absolute Gasteiger partial charge is 0.343 e. The summed E-state index contributed by atoms with van der Waals surface area (Å²) in [6, 6.07) is 13.0. The van der Waals surface area contributed by atoms with Gasteiger partial charge < -0.3 is 19.4 Å². The third-order valence-corrected chi connectivity index (χ3v) is 7.78. The lowest BCUT2D eigenvalue weighted by Crippen LogP contribution is -2.28. The minimum atomic E-state index is -0.345. The number of carbonyl (C=O) groups is 1. The van der Waals surface area contributed by atoms with Crippen LogP contribution < -0.4 is 19.6 Å². The van der Waals surface area contributed by atoms with E-state index >= 15 is 0 Å². The molecule has 0 aliphatic heterocycles. The maximum absolute atomic E-state index is 12.8. The highest BCUT2D eigenvalue weighted by molar-refractivity contribution is 7.16. The number of para-hydroxylation sites is 1. The molecule has 218 valence electrons. The highest BCUT2D eigenvalue weighted by Gasteiger charge is 2.18. The van der Waals surface area contributed by atoms with Crippen LogP contribution in [0.1, 0.15) is 91.0 Å². The zero-order valence-corrected chi connectivity index (χ0v) is 25.1. The van der Waals surface area contributed by atoms with E-state index in [0.717, 1.165) is 48.1 Å². The number of amides is 2. The number of thiazole rings is 1. The summed E-state index contributed by atoms with van der Waals surface area (Å²) in [6.45, 7) is 8.03. The number of benzene rings is 2. The van der Waals surface area contributed by atoms with E-state index in [9.17, 15) is 4.79 Å². The Bertz CT molecular complexity index is 1260. The Balaban J connectivity index is 1.84. The van der Waals surface area contributed by atoms with Gasteiger partial charge in [-0.25, -0.2) is 10.3 Å². The Morgan fingerprint density at radius 3 is 2.40 bits per heavy atom. The van der Waals surface area contributed by atoms with Gasteiger partial charge >= 0.3 is 6.03 Å². The molecule has 2 amide bonds. The number of hydrogen-bond donors (Lipinski definition) is 2. The van der Waals surface area contributed by atoms with Crippen molar-refractivity contribution in [3.05, 3.63) is 47.3 Å². The molecule has 1 unspecified atom stereocenters. The van der Waals surface area contributed by atoms with E-state index in [0.29, 0.717) is 36.0 Å². The number of nitrogens with one attached hydrogen (secondary N) is 2. The molecule has 0 bridgehead atoms. The van der Waals surface area contributed by atoms with E-state index in [4.69, 9.17) is 15.0 Å². The number of urea groups is 1. The van der Waals surface area contributed by atoms with E-state index in [1.54, 1.807) is 0 Å². The monoisotopic (exact) mass is 567 g/mol. The zero-order valence-electron chi connectivity index (χ0n) is 24.3. The quantitative estimate of drug-likeness (QED) is 0.118. The number of ether oxygens (including phenoxy) is 2. The van der Waals surface area contributed by atoms with Crippen molar-refractivity contribution in [3.8, 4) is 11.5 Å². The molecule has 9 heteroatoms. The van der Waals surface area contributed by atoms with Gasteiger partial charge in [0, 0.05) is 12.6 Å². The van der Waals surface area contributed by atoms with Crippen LogP contribution in [0.2, 0.25) is 0 Å². The number of nitrogens with zero attached hydrogens (tertiary/aromatic N) is 3. The minimum Gasteiger partial charge on any atom is -0.491 e. The summed E-state index contributed by atoms with van der Waals surface area (Å²) in [7, 11) is 0. The Labute approximate surface area is 242 Å². The van der Waals surface area contributed by atoms with Crippen LogP contribution in [0.4, 0.5) is 10.5 Å². The van der Waals surface area contributed by atoms with Crippen LogP contribution >= 0.6 is 11.3 Å². The standard InChI is InChI=1S/C31H45N5O3S/c1-4-6-8-10-11-15-19-33-30(37)34-31-36(24(3)23-39-25-17-13-12-14-18-25)27-22-28(38-20-16-9-7-5-2)26(35-32)21-29(27)40-31/h12-14,17-18,21-22,24,32H,4-11,15-16,19-20,23H2,1-3H3,(H,33,37). The summed E-state index contributed by atoms with van der Waals surface area (Å²) in [5.41, 5.74) is 9.07. The van der Waals surface area contributed by atoms with Crippen LogP contribution in [0.25, 0.3) is 10.2 Å². The van der Waals surface area contributed by atoms with Gasteiger partial charge in [0.25, 0.3) is 0 Å². The SMILES string of the molecule is CCCCCCCCNC(=O)N=c1sc2cc(N=N)c(OCCCCCC)cc2n1C(C)COc1ccccc1. The first kappa shape index (κ1) is 31.3. The lowest BCUT2D eigenvalue weighted by Gasteiger charge is -2.17. The van der Waals surface area contributed by atoms with Gasteiger partial charge in [0.2, 0.25) is 0 Å². The van der Waals surface area contributed by atoms with Gasteiger partial charge in [-0.15, -0.1) is 0 Å². The van der Waals surface area contributed by atoms with Crippen LogP contribution in [0.3, 0.4) is 0 Å². The van der Waals surface area contributed by atoms with Crippen LogP contribution in [0.15, 0.2) is 52.6 Å². The van der Waals surface area contributed by atoms with Crippen LogP contribution in [0, 0.1) is 5.53 Å². The van der Waals surface area contributed by atoms with Gasteiger partial charge in [0.05, 0.1) is 22.9 Å². The Hall–Kier alpha value is -3.20. The van der Waals surface area contributed by atoms with E-state index in [1.165, 1.54) is 43.4 Å². The molecule has 1 aromatic heterocycles. The van der Waals surface area contributed by atoms with Gasteiger partial charge in [-0.05, 0) is 38.0 Å². The lowest BCUT2D eigenvalue weighted by atomic mass is 10.1. The fourth-order valence-corrected chi connectivity index (χ4v) is 5.65. The van der Waals surface area contributed by atoms with Gasteiger partial charge in [0.1, 0.15) is 23.8 Å². The fraction of sp³-hybridized carbons (Fsp3) is 0.548. The minimum absolute atomic E-state index is 0.115. The lowest BCUT2D eigenvalue weighted by molar-refractivity contribution is 0.246. The first-order chi connectivity index (χ1) is 19.6. The van der Waals surface area contributed by atoms with Crippen LogP contribution in [-0.2, 0) is 0 Å². The Morgan fingerprint density at radius 2 is 1.68 bits per heavy atom. The number of carbonyl (C=O) groups excluding carboxylic acids is 1. The van der Waals surface area contributed by atoms with Crippen molar-refractivity contribution in [1.29, 1.82) is 5.53 Å². The molecule has 0 saturated heterocycles. The molecule has 1 heterocycles. The number of fused-ring (bicyclic) bond motifs is 1. The maximum Gasteiger partial charge on any atom is 0.343 e. The van der Waals surface area contributed by atoms with Gasteiger partial charge in [-0.1, -0.05) is 94.7 Å². The molecule has 3 rings (SSSR count). The second kappa shape index (κ2) is 17.5. The topological polar surface area (TPSA) is 101 Å². The highest BCUT2D eigenvalue weighted by atomic mass is 32.1. The third-order valence-electron chi connectivity index (χ3n) is 6.76. The molecule has 0 fully saturated rings. The second-order valence-electron chi connectivity index (χ2n) is 10.1. The summed E-state index contributed by atoms with van der Waals surface area (Å²) < 4.78 is 15.1. The van der Waals surface area contributed by atoms with Crippen molar-refractivity contribution in [2.24, 2.45) is 10.1 Å². The Kier molecular flexibility index (Phi) is 13.7. The molecular weight excluding hydrogens is 522 g/mol. The zero-order chi connectivity index (χ0) is 28.6. The summed E-state index contributed by atoms with van der Waals surface area (Å²) >= 11 is 1.41. The van der Waals surface area contributed by atoms with E-state index in [-0.39, 0.29) is 12.1 Å². The first-order valence-electron chi connectivity index (χ1n) is 14.8. The molecule has 8 nitrogen and oxygen atoms in total. The van der Waals surface area contributed by atoms with Gasteiger partial charge in [-0.3, -0.25) is 0 Å². The van der Waals surface area contributed by atoms with Gasteiger partial charge in [0.15, 0.2) is 4.80 Å². The van der Waals surface area contributed by atoms with Crippen LogP contribution in [0.5, 0.6) is 11.5 Å². The molecule has 3 aromatic rings. The first-order valence-corrected chi connectivity index (χ1v) is 15.6. The summed E-state index contributed by atoms with van der Waals surface area (Å²) in [6.07, 6.45) is 11.4. The molecule has 1 atom stereocenters. The number of unbranched alkanes of at least 4 members (excludes halogenated alkanes) is 8. The molecule has 0 radical (unpaired) electrons. The average Bonchev–Trinajstić information content (AvgIpc) is 3.31. The second-order valence-corrected chi connectivity index (χ2v) is 11.2. The highest BCUT2D eigenvalue weighted by Crippen LogP contribution is 2.35. The maximum atomic E-state index is 12.8. The molecule has 0 aliphatic rings. The Morgan fingerprint density at radius 1 is 0.975 bits per heavy atom. The number of rotatable bonds is 18. The molecule has 0 spiro atoms. The fourth-order valence-electron chi connectivity index (χ4n) is 4.51. The van der Waals surface area contributed by atoms with Gasteiger partial charge in [-0.2, -0.15) is 10.1 Å². The molecule has 0 saturated carbocycles. The summed E-state index contributed by atoms with van der Waals surface area (Å²) in [5.74, 6) is 1.36. The van der Waals surface area contributed by atoms with Crippen molar-refractivity contribution < 1.29 is 14.3 Å². The van der Waals surface area contributed by atoms with E-state index < -0.39 is 0 Å². The number of aromatic nitrogens is 1. The summed E-state index contributed by atoms with van der Waals surface area (Å²) in [4.78, 5) is 17.8. The molecular formula is C31H45N5O3S. The normalized spacial score (nSPS) is 12.4. The van der Waals surface area contributed by atoms with Crippen molar-refractivity contribution in [1.82, 2.24) is 9.88 Å². The summed E-state index contributed by atoms with van der Waals surface area (Å²) in [5, 5.41) is 6.67. The molecule has 0 aliphatic carbocycles. The third kappa shape index (κ3) is 9.77. The van der Waals surface area contributed by atoms with E-state index in [1.807, 2.05) is 47.0 Å². The largest absolute Gasteiger partial charge is 0.491 e. The molecule has 2 aromatic carbocycles. The average molecular weight is 568 g/mol. The van der Waals surface area contributed by atoms with Crippen molar-refractivity contribution in [2.45, 2.75) is 91.0 Å². The van der Waals surface area contributed by atoms with Crippen LogP contribution in [-0.4, -0.2) is 30.4 Å².